The van der Waals surface area contributed by atoms with Crippen molar-refractivity contribution >= 4 is 17.5 Å². The Labute approximate surface area is 156 Å². The molecular formula is C19H20N6O2. The lowest BCUT2D eigenvalue weighted by Gasteiger charge is -2.35. The first kappa shape index (κ1) is 17.0. The number of amides is 1. The molecule has 0 aromatic carbocycles. The molecule has 4 rings (SSSR count). The fourth-order valence-corrected chi connectivity index (χ4v) is 2.96. The monoisotopic (exact) mass is 364 g/mol. The number of furan rings is 1. The Morgan fingerprint density at radius 2 is 1.93 bits per heavy atom. The highest BCUT2D eigenvalue weighted by molar-refractivity contribution is 5.92. The Morgan fingerprint density at radius 1 is 1.04 bits per heavy atom. The molecule has 1 N–H and O–H groups in total. The van der Waals surface area contributed by atoms with Crippen molar-refractivity contribution in [2.24, 2.45) is 0 Å². The predicted octanol–water partition coefficient (Wildman–Crippen LogP) is 2.04. The fraction of sp³-hybridized carbons (Fsp3) is 0.263. The third-order valence-corrected chi connectivity index (χ3v) is 4.43. The maximum Gasteiger partial charge on any atom is 0.274 e. The van der Waals surface area contributed by atoms with Gasteiger partial charge in [-0.1, -0.05) is 6.07 Å². The van der Waals surface area contributed by atoms with Crippen LogP contribution in [0.4, 0.5) is 11.6 Å². The van der Waals surface area contributed by atoms with E-state index in [0.717, 1.165) is 24.7 Å². The van der Waals surface area contributed by atoms with E-state index in [2.05, 4.69) is 25.2 Å². The molecule has 8 nitrogen and oxygen atoms in total. The second kappa shape index (κ2) is 7.86. The van der Waals surface area contributed by atoms with Crippen LogP contribution in [0.25, 0.3) is 0 Å². The van der Waals surface area contributed by atoms with Crippen molar-refractivity contribution in [3.8, 4) is 0 Å². The van der Waals surface area contributed by atoms with E-state index in [4.69, 9.17) is 4.42 Å². The first-order valence-corrected chi connectivity index (χ1v) is 8.83. The summed E-state index contributed by atoms with van der Waals surface area (Å²) in [5.41, 5.74) is 0.352. The van der Waals surface area contributed by atoms with Gasteiger partial charge in [0.2, 0.25) is 0 Å². The summed E-state index contributed by atoms with van der Waals surface area (Å²) in [5.74, 6) is 2.25. The van der Waals surface area contributed by atoms with E-state index in [9.17, 15) is 4.79 Å². The smallest absolute Gasteiger partial charge is 0.274 e. The number of hydrogen-bond donors (Lipinski definition) is 1. The molecule has 0 radical (unpaired) electrons. The van der Waals surface area contributed by atoms with Gasteiger partial charge in [0.05, 0.1) is 25.2 Å². The van der Waals surface area contributed by atoms with Crippen molar-refractivity contribution in [1.29, 1.82) is 0 Å². The molecule has 0 spiro atoms. The third-order valence-electron chi connectivity index (χ3n) is 4.43. The van der Waals surface area contributed by atoms with E-state index in [-0.39, 0.29) is 5.91 Å². The van der Waals surface area contributed by atoms with Crippen LogP contribution in [0.15, 0.2) is 59.6 Å². The molecule has 0 aliphatic carbocycles. The Morgan fingerprint density at radius 3 is 2.59 bits per heavy atom. The molecule has 1 amide bonds. The zero-order chi connectivity index (χ0) is 18.5. The highest BCUT2D eigenvalue weighted by atomic mass is 16.3. The molecule has 8 heteroatoms. The van der Waals surface area contributed by atoms with Crippen LogP contribution < -0.4 is 10.2 Å². The minimum atomic E-state index is -0.0965. The van der Waals surface area contributed by atoms with Crippen LogP contribution in [0.1, 0.15) is 16.2 Å². The average molecular weight is 364 g/mol. The molecule has 4 heterocycles. The number of pyridine rings is 1. The summed E-state index contributed by atoms with van der Waals surface area (Å²) in [5, 5.41) is 3.11. The van der Waals surface area contributed by atoms with Crippen LogP contribution in [0.5, 0.6) is 0 Å². The summed E-state index contributed by atoms with van der Waals surface area (Å²) in [6.45, 7) is 3.29. The number of nitrogens with one attached hydrogen (secondary N) is 1. The molecule has 3 aromatic heterocycles. The van der Waals surface area contributed by atoms with Gasteiger partial charge in [0, 0.05) is 32.4 Å². The van der Waals surface area contributed by atoms with Crippen LogP contribution in [0, 0.1) is 0 Å². The molecule has 0 bridgehead atoms. The maximum atomic E-state index is 12.7. The van der Waals surface area contributed by atoms with Gasteiger partial charge in [0.25, 0.3) is 5.91 Å². The number of anilines is 2. The Kier molecular flexibility index (Phi) is 4.95. The second-order valence-corrected chi connectivity index (χ2v) is 6.19. The summed E-state index contributed by atoms with van der Waals surface area (Å²) in [4.78, 5) is 29.5. The molecule has 3 aromatic rings. The summed E-state index contributed by atoms with van der Waals surface area (Å²) >= 11 is 0. The van der Waals surface area contributed by atoms with Gasteiger partial charge in [0.15, 0.2) is 0 Å². The van der Waals surface area contributed by atoms with Gasteiger partial charge in [-0.2, -0.15) is 0 Å². The van der Waals surface area contributed by atoms with Crippen LogP contribution in [0.3, 0.4) is 0 Å². The minimum Gasteiger partial charge on any atom is -0.467 e. The van der Waals surface area contributed by atoms with Crippen molar-refractivity contribution in [2.45, 2.75) is 6.54 Å². The van der Waals surface area contributed by atoms with Crippen LogP contribution in [-0.4, -0.2) is 51.9 Å². The number of nitrogens with zero attached hydrogens (tertiary/aromatic N) is 5. The lowest BCUT2D eigenvalue weighted by Crippen LogP contribution is -2.49. The van der Waals surface area contributed by atoms with Gasteiger partial charge >= 0.3 is 0 Å². The molecule has 138 valence electrons. The number of carbonyl (C=O) groups excluding carboxylic acids is 1. The highest BCUT2D eigenvalue weighted by Gasteiger charge is 2.23. The average Bonchev–Trinajstić information content (AvgIpc) is 3.27. The fourth-order valence-electron chi connectivity index (χ4n) is 2.96. The van der Waals surface area contributed by atoms with E-state index in [1.165, 1.54) is 6.20 Å². The molecule has 0 saturated carbocycles. The summed E-state index contributed by atoms with van der Waals surface area (Å²) in [6.07, 6.45) is 6.49. The molecular weight excluding hydrogens is 344 g/mol. The van der Waals surface area contributed by atoms with Gasteiger partial charge in [-0.3, -0.25) is 4.79 Å². The van der Waals surface area contributed by atoms with Crippen LogP contribution in [-0.2, 0) is 6.54 Å². The highest BCUT2D eigenvalue weighted by Crippen LogP contribution is 2.14. The van der Waals surface area contributed by atoms with Gasteiger partial charge in [0.1, 0.15) is 23.1 Å². The SMILES string of the molecule is O=C(c1cnc(NCc2ccco2)cn1)N1CCN(c2ccccn2)CC1. The Bertz CT molecular complexity index is 859. The largest absolute Gasteiger partial charge is 0.467 e. The van der Waals surface area contributed by atoms with Gasteiger partial charge < -0.3 is 19.5 Å². The Hall–Kier alpha value is -3.42. The standard InChI is InChI=1S/C19H20N6O2/c26-19(25-9-7-24(8-10-25)18-5-1-2-6-20-18)16-13-23-17(14-21-16)22-12-15-4-3-11-27-15/h1-6,11,13-14H,7-10,12H2,(H,22,23). The molecule has 1 aliphatic rings. The number of aromatic nitrogens is 3. The summed E-state index contributed by atoms with van der Waals surface area (Å²) in [6, 6.07) is 9.56. The van der Waals surface area contributed by atoms with E-state index < -0.39 is 0 Å². The number of carbonyl (C=O) groups is 1. The number of rotatable bonds is 5. The van der Waals surface area contributed by atoms with Gasteiger partial charge in [-0.05, 0) is 24.3 Å². The lowest BCUT2D eigenvalue weighted by atomic mass is 10.2. The van der Waals surface area contributed by atoms with E-state index in [1.807, 2.05) is 30.3 Å². The van der Waals surface area contributed by atoms with Crippen LogP contribution >= 0.6 is 0 Å². The summed E-state index contributed by atoms with van der Waals surface area (Å²) in [7, 11) is 0. The van der Waals surface area contributed by atoms with Gasteiger partial charge in [-0.15, -0.1) is 0 Å². The Balaban J connectivity index is 1.32. The van der Waals surface area contributed by atoms with Crippen molar-refractivity contribution in [3.05, 3.63) is 66.6 Å². The second-order valence-electron chi connectivity index (χ2n) is 6.19. The summed E-state index contributed by atoms with van der Waals surface area (Å²) < 4.78 is 5.26. The predicted molar refractivity (Wildman–Crippen MR) is 100 cm³/mol. The van der Waals surface area contributed by atoms with Crippen molar-refractivity contribution < 1.29 is 9.21 Å². The zero-order valence-electron chi connectivity index (χ0n) is 14.8. The lowest BCUT2D eigenvalue weighted by molar-refractivity contribution is 0.0740. The molecule has 1 aliphatic heterocycles. The van der Waals surface area contributed by atoms with Crippen molar-refractivity contribution in [2.75, 3.05) is 36.4 Å². The zero-order valence-corrected chi connectivity index (χ0v) is 14.8. The molecule has 1 saturated heterocycles. The van der Waals surface area contributed by atoms with E-state index >= 15 is 0 Å². The van der Waals surface area contributed by atoms with Crippen molar-refractivity contribution in [3.63, 3.8) is 0 Å². The molecule has 1 fully saturated rings. The topological polar surface area (TPSA) is 87.4 Å². The van der Waals surface area contributed by atoms with Crippen LogP contribution in [0.2, 0.25) is 0 Å². The minimum absolute atomic E-state index is 0.0965. The van der Waals surface area contributed by atoms with E-state index in [0.29, 0.717) is 31.1 Å². The van der Waals surface area contributed by atoms with E-state index in [1.54, 1.807) is 23.6 Å². The third kappa shape index (κ3) is 4.05. The maximum absolute atomic E-state index is 12.7. The van der Waals surface area contributed by atoms with Gasteiger partial charge in [-0.25, -0.2) is 15.0 Å². The molecule has 0 atom stereocenters. The molecule has 27 heavy (non-hydrogen) atoms. The van der Waals surface area contributed by atoms with Crippen molar-refractivity contribution in [1.82, 2.24) is 19.9 Å². The quantitative estimate of drug-likeness (QED) is 0.741. The first-order chi connectivity index (χ1) is 13.3. The number of piperazine rings is 1. The number of hydrogen-bond acceptors (Lipinski definition) is 7. The molecule has 0 unspecified atom stereocenters. The first-order valence-electron chi connectivity index (χ1n) is 8.83. The normalized spacial score (nSPS) is 14.2.